The molecular weight excluding hydrogens is 180 g/mol. The predicted molar refractivity (Wildman–Crippen MR) is 68.8 cm³/mol. The monoisotopic (exact) mass is 210 g/mol. The van der Waals surface area contributed by atoms with Crippen molar-refractivity contribution in [2.45, 2.75) is 60.8 Å². The third kappa shape index (κ3) is 2.98. The van der Waals surface area contributed by atoms with E-state index in [-0.39, 0.29) is 0 Å². The Bertz CT molecular complexity index is 184. The lowest BCUT2D eigenvalue weighted by molar-refractivity contribution is 0.196. The molecule has 0 heteroatoms. The average molecular weight is 210 g/mol. The first-order valence-electron chi connectivity index (χ1n) is 6.97. The normalized spacial score (nSPS) is 40.4. The van der Waals surface area contributed by atoms with Gasteiger partial charge in [0.15, 0.2) is 0 Å². The SMILES string of the molecule is CCC(C)CC(C)C1C(C)CC(C)C1C. The van der Waals surface area contributed by atoms with Gasteiger partial charge >= 0.3 is 0 Å². The van der Waals surface area contributed by atoms with Gasteiger partial charge in [-0.15, -0.1) is 0 Å². The predicted octanol–water partition coefficient (Wildman–Crippen LogP) is 4.99. The summed E-state index contributed by atoms with van der Waals surface area (Å²) in [6.45, 7) is 14.6. The first kappa shape index (κ1) is 13.1. The van der Waals surface area contributed by atoms with Crippen LogP contribution in [0.25, 0.3) is 0 Å². The second kappa shape index (κ2) is 5.37. The molecule has 1 rings (SSSR count). The Morgan fingerprint density at radius 2 is 1.67 bits per heavy atom. The molecule has 0 saturated heterocycles. The van der Waals surface area contributed by atoms with Crippen LogP contribution in [0, 0.1) is 35.5 Å². The van der Waals surface area contributed by atoms with E-state index in [1.54, 1.807) is 0 Å². The van der Waals surface area contributed by atoms with Crippen LogP contribution in [0.5, 0.6) is 0 Å². The second-order valence-corrected chi connectivity index (χ2v) is 6.35. The van der Waals surface area contributed by atoms with Gasteiger partial charge in [-0.3, -0.25) is 0 Å². The van der Waals surface area contributed by atoms with E-state index < -0.39 is 0 Å². The molecule has 0 radical (unpaired) electrons. The van der Waals surface area contributed by atoms with Crippen molar-refractivity contribution < 1.29 is 0 Å². The lowest BCUT2D eigenvalue weighted by Gasteiger charge is -2.29. The van der Waals surface area contributed by atoms with E-state index in [0.717, 1.165) is 35.5 Å². The van der Waals surface area contributed by atoms with Gasteiger partial charge < -0.3 is 0 Å². The highest BCUT2D eigenvalue weighted by Gasteiger charge is 2.38. The first-order chi connectivity index (χ1) is 6.97. The van der Waals surface area contributed by atoms with Crippen LogP contribution in [0.1, 0.15) is 60.8 Å². The molecule has 0 nitrogen and oxygen atoms in total. The zero-order chi connectivity index (χ0) is 11.6. The highest BCUT2D eigenvalue weighted by molar-refractivity contribution is 4.87. The van der Waals surface area contributed by atoms with Gasteiger partial charge in [0.1, 0.15) is 0 Å². The highest BCUT2D eigenvalue weighted by atomic mass is 14.4. The van der Waals surface area contributed by atoms with Gasteiger partial charge in [-0.05, 0) is 48.3 Å². The minimum Gasteiger partial charge on any atom is -0.0651 e. The van der Waals surface area contributed by atoms with Crippen molar-refractivity contribution in [1.82, 2.24) is 0 Å². The molecule has 0 aromatic heterocycles. The Hall–Kier alpha value is 0. The van der Waals surface area contributed by atoms with Crippen LogP contribution < -0.4 is 0 Å². The summed E-state index contributed by atoms with van der Waals surface area (Å²) in [6.07, 6.45) is 4.23. The van der Waals surface area contributed by atoms with Crippen molar-refractivity contribution in [3.63, 3.8) is 0 Å². The summed E-state index contributed by atoms with van der Waals surface area (Å²) in [7, 11) is 0. The maximum Gasteiger partial charge on any atom is -0.0334 e. The molecule has 15 heavy (non-hydrogen) atoms. The molecule has 1 saturated carbocycles. The fourth-order valence-electron chi connectivity index (χ4n) is 3.89. The quantitative estimate of drug-likeness (QED) is 0.613. The maximum absolute atomic E-state index is 2.49. The fraction of sp³-hybridized carbons (Fsp3) is 1.00. The van der Waals surface area contributed by atoms with Gasteiger partial charge in [-0.2, -0.15) is 0 Å². The molecule has 0 amide bonds. The second-order valence-electron chi connectivity index (χ2n) is 6.35. The van der Waals surface area contributed by atoms with Crippen LogP contribution in [0.15, 0.2) is 0 Å². The summed E-state index contributed by atoms with van der Waals surface area (Å²) in [4.78, 5) is 0. The van der Waals surface area contributed by atoms with Gasteiger partial charge in [0, 0.05) is 0 Å². The van der Waals surface area contributed by atoms with Crippen LogP contribution in [0.4, 0.5) is 0 Å². The van der Waals surface area contributed by atoms with Gasteiger partial charge in [-0.1, -0.05) is 48.0 Å². The minimum absolute atomic E-state index is 0.912. The zero-order valence-corrected chi connectivity index (χ0v) is 11.6. The van der Waals surface area contributed by atoms with Crippen molar-refractivity contribution in [3.8, 4) is 0 Å². The van der Waals surface area contributed by atoms with Crippen LogP contribution in [0.3, 0.4) is 0 Å². The van der Waals surface area contributed by atoms with E-state index in [1.165, 1.54) is 19.3 Å². The summed E-state index contributed by atoms with van der Waals surface area (Å²) in [6, 6.07) is 0. The maximum atomic E-state index is 2.49. The van der Waals surface area contributed by atoms with Crippen molar-refractivity contribution in [1.29, 1.82) is 0 Å². The van der Waals surface area contributed by atoms with Crippen molar-refractivity contribution in [3.05, 3.63) is 0 Å². The Morgan fingerprint density at radius 3 is 2.07 bits per heavy atom. The summed E-state index contributed by atoms with van der Waals surface area (Å²) < 4.78 is 0. The van der Waals surface area contributed by atoms with Crippen molar-refractivity contribution in [2.24, 2.45) is 35.5 Å². The van der Waals surface area contributed by atoms with Crippen molar-refractivity contribution >= 4 is 0 Å². The number of rotatable bonds is 4. The highest BCUT2D eigenvalue weighted by Crippen LogP contribution is 2.46. The molecule has 0 aromatic carbocycles. The molecule has 0 aromatic rings. The van der Waals surface area contributed by atoms with E-state index in [2.05, 4.69) is 41.5 Å². The zero-order valence-electron chi connectivity index (χ0n) is 11.6. The Balaban J connectivity index is 2.54. The Kier molecular flexibility index (Phi) is 4.67. The van der Waals surface area contributed by atoms with Gasteiger partial charge in [0.05, 0.1) is 0 Å². The Labute approximate surface area is 96.8 Å². The molecule has 1 aliphatic carbocycles. The van der Waals surface area contributed by atoms with Crippen LogP contribution in [0.2, 0.25) is 0 Å². The topological polar surface area (TPSA) is 0 Å². The van der Waals surface area contributed by atoms with E-state index in [4.69, 9.17) is 0 Å². The van der Waals surface area contributed by atoms with Crippen LogP contribution in [-0.2, 0) is 0 Å². The summed E-state index contributed by atoms with van der Waals surface area (Å²) in [5, 5.41) is 0. The Morgan fingerprint density at radius 1 is 1.07 bits per heavy atom. The van der Waals surface area contributed by atoms with E-state index in [0.29, 0.717) is 0 Å². The molecule has 6 atom stereocenters. The van der Waals surface area contributed by atoms with Crippen molar-refractivity contribution in [2.75, 3.05) is 0 Å². The third-order valence-electron chi connectivity index (χ3n) is 5.03. The molecule has 90 valence electrons. The third-order valence-corrected chi connectivity index (χ3v) is 5.03. The minimum atomic E-state index is 0.912. The van der Waals surface area contributed by atoms with Gasteiger partial charge in [0.2, 0.25) is 0 Å². The van der Waals surface area contributed by atoms with E-state index in [1.807, 2.05) is 0 Å². The molecule has 0 aliphatic heterocycles. The molecule has 0 bridgehead atoms. The summed E-state index contributed by atoms with van der Waals surface area (Å²) >= 11 is 0. The van der Waals surface area contributed by atoms with Crippen LogP contribution in [-0.4, -0.2) is 0 Å². The molecule has 1 fully saturated rings. The molecule has 0 N–H and O–H groups in total. The molecule has 6 unspecified atom stereocenters. The van der Waals surface area contributed by atoms with Gasteiger partial charge in [-0.25, -0.2) is 0 Å². The van der Waals surface area contributed by atoms with Gasteiger partial charge in [0.25, 0.3) is 0 Å². The standard InChI is InChI=1S/C15H30/c1-7-10(2)8-12(4)15-13(5)9-11(3)14(15)6/h10-15H,7-9H2,1-6H3. The molecule has 0 spiro atoms. The van der Waals surface area contributed by atoms with Crippen LogP contribution >= 0.6 is 0 Å². The molecule has 1 aliphatic rings. The van der Waals surface area contributed by atoms with E-state index >= 15 is 0 Å². The fourth-order valence-corrected chi connectivity index (χ4v) is 3.89. The van der Waals surface area contributed by atoms with E-state index in [9.17, 15) is 0 Å². The average Bonchev–Trinajstić information content (AvgIpc) is 2.41. The number of hydrogen-bond donors (Lipinski definition) is 0. The smallest absolute Gasteiger partial charge is 0.0334 e. The molecular formula is C15H30. The largest absolute Gasteiger partial charge is 0.0651 e. The lowest BCUT2D eigenvalue weighted by Crippen LogP contribution is -2.22. The lowest BCUT2D eigenvalue weighted by atomic mass is 9.76. The molecule has 0 heterocycles. The number of hydrogen-bond acceptors (Lipinski definition) is 0. The summed E-state index contributed by atoms with van der Waals surface area (Å²) in [5.41, 5.74) is 0. The summed E-state index contributed by atoms with van der Waals surface area (Å²) in [5.74, 6) is 5.66. The first-order valence-corrected chi connectivity index (χ1v) is 6.97.